The Hall–Kier alpha value is -3.45. The van der Waals surface area contributed by atoms with E-state index in [1.165, 1.54) is 38.5 Å². The maximum atomic E-state index is 14.9. The van der Waals surface area contributed by atoms with Crippen molar-refractivity contribution in [3.05, 3.63) is 82.9 Å². The smallest absolute Gasteiger partial charge is 0.303 e. The molecule has 1 atom stereocenters. The Kier molecular flexibility index (Phi) is 9.23. The SMILES string of the molecule is C1CC1.COc1ccc(F)c(-c2ccc(COc3cccc(CCC(=O)O)c3F)cc2C(OC)C2(C)CC2)c1. The van der Waals surface area contributed by atoms with E-state index in [2.05, 4.69) is 6.92 Å². The second-order valence-electron chi connectivity index (χ2n) is 10.5. The van der Waals surface area contributed by atoms with Gasteiger partial charge in [-0.15, -0.1) is 0 Å². The summed E-state index contributed by atoms with van der Waals surface area (Å²) in [5.74, 6) is -1.31. The van der Waals surface area contributed by atoms with Gasteiger partial charge in [-0.1, -0.05) is 50.5 Å². The van der Waals surface area contributed by atoms with Crippen molar-refractivity contribution in [3.8, 4) is 22.6 Å². The molecule has 39 heavy (non-hydrogen) atoms. The summed E-state index contributed by atoms with van der Waals surface area (Å²) in [5, 5.41) is 8.90. The monoisotopic (exact) mass is 538 g/mol. The molecule has 2 aliphatic carbocycles. The number of carboxylic acid groups (broad SMARTS) is 1. The van der Waals surface area contributed by atoms with Crippen LogP contribution in [0.3, 0.4) is 0 Å². The quantitative estimate of drug-likeness (QED) is 0.269. The number of hydrogen-bond donors (Lipinski definition) is 1. The number of hydrogen-bond acceptors (Lipinski definition) is 4. The van der Waals surface area contributed by atoms with E-state index in [0.717, 1.165) is 24.0 Å². The zero-order valence-corrected chi connectivity index (χ0v) is 22.8. The first-order chi connectivity index (χ1) is 18.8. The number of halogens is 2. The fourth-order valence-corrected chi connectivity index (χ4v) is 4.51. The van der Waals surface area contributed by atoms with E-state index in [0.29, 0.717) is 22.4 Å². The number of rotatable bonds is 11. The highest BCUT2D eigenvalue weighted by Gasteiger charge is 2.46. The highest BCUT2D eigenvalue weighted by Crippen LogP contribution is 2.57. The van der Waals surface area contributed by atoms with Gasteiger partial charge in [0.1, 0.15) is 18.2 Å². The normalized spacial score (nSPS) is 15.5. The Morgan fingerprint density at radius 2 is 1.74 bits per heavy atom. The maximum Gasteiger partial charge on any atom is 0.303 e. The van der Waals surface area contributed by atoms with Crippen LogP contribution in [-0.2, 0) is 22.6 Å². The predicted octanol–water partition coefficient (Wildman–Crippen LogP) is 7.89. The lowest BCUT2D eigenvalue weighted by Gasteiger charge is -2.26. The standard InChI is InChI=1S/C29H30F2O5.C3H6/c1-29(13-14-29)28(35-3)23-15-18(7-10-21(23)22-16-20(34-2)9-11-24(22)30)17-36-25-6-4-5-19(27(25)31)8-12-26(32)33;1-2-3-1/h4-7,9-11,15-16,28H,8,12-14,17H2,1-3H3,(H,32,33);1-3H2. The first-order valence-electron chi connectivity index (χ1n) is 13.4. The molecule has 208 valence electrons. The van der Waals surface area contributed by atoms with Crippen LogP contribution in [0.15, 0.2) is 54.6 Å². The summed E-state index contributed by atoms with van der Waals surface area (Å²) in [6, 6.07) is 14.9. The topological polar surface area (TPSA) is 65.0 Å². The molecule has 3 aromatic carbocycles. The third-order valence-electron chi connectivity index (χ3n) is 7.17. The fraction of sp³-hybridized carbons (Fsp3) is 0.406. The van der Waals surface area contributed by atoms with Gasteiger partial charge in [-0.2, -0.15) is 0 Å². The third-order valence-corrected chi connectivity index (χ3v) is 7.17. The molecule has 0 saturated heterocycles. The van der Waals surface area contributed by atoms with E-state index >= 15 is 0 Å². The van der Waals surface area contributed by atoms with Gasteiger partial charge >= 0.3 is 5.97 Å². The summed E-state index contributed by atoms with van der Waals surface area (Å²) in [6.07, 6.45) is 6.16. The summed E-state index contributed by atoms with van der Waals surface area (Å²) in [7, 11) is 3.19. The van der Waals surface area contributed by atoms with Gasteiger partial charge in [-0.05, 0) is 77.3 Å². The van der Waals surface area contributed by atoms with E-state index in [1.807, 2.05) is 18.2 Å². The van der Waals surface area contributed by atoms with Crippen LogP contribution in [0.5, 0.6) is 11.5 Å². The Morgan fingerprint density at radius 3 is 2.36 bits per heavy atom. The van der Waals surface area contributed by atoms with Gasteiger partial charge in [0.25, 0.3) is 0 Å². The van der Waals surface area contributed by atoms with Crippen molar-refractivity contribution in [2.45, 2.75) is 64.6 Å². The highest BCUT2D eigenvalue weighted by atomic mass is 19.1. The average Bonchev–Trinajstić information content (AvgIpc) is 3.86. The van der Waals surface area contributed by atoms with Crippen LogP contribution in [0.4, 0.5) is 8.78 Å². The zero-order chi connectivity index (χ0) is 28.0. The molecule has 0 aromatic heterocycles. The number of ether oxygens (including phenoxy) is 3. The van der Waals surface area contributed by atoms with Gasteiger partial charge in [-0.25, -0.2) is 8.78 Å². The lowest BCUT2D eigenvalue weighted by molar-refractivity contribution is -0.136. The maximum absolute atomic E-state index is 14.9. The molecule has 0 aliphatic heterocycles. The molecule has 3 aromatic rings. The average molecular weight is 539 g/mol. The molecule has 0 bridgehead atoms. The molecule has 1 N–H and O–H groups in total. The van der Waals surface area contributed by atoms with Crippen molar-refractivity contribution < 1.29 is 32.9 Å². The Labute approximate surface area is 228 Å². The first-order valence-corrected chi connectivity index (χ1v) is 13.4. The van der Waals surface area contributed by atoms with Crippen molar-refractivity contribution >= 4 is 5.97 Å². The van der Waals surface area contributed by atoms with E-state index in [4.69, 9.17) is 19.3 Å². The van der Waals surface area contributed by atoms with Crippen LogP contribution in [0.2, 0.25) is 0 Å². The van der Waals surface area contributed by atoms with E-state index in [9.17, 15) is 13.6 Å². The van der Waals surface area contributed by atoms with Gasteiger partial charge in [0.15, 0.2) is 11.6 Å². The molecule has 1 unspecified atom stereocenters. The first kappa shape index (κ1) is 28.6. The van der Waals surface area contributed by atoms with Crippen LogP contribution < -0.4 is 9.47 Å². The van der Waals surface area contributed by atoms with Crippen LogP contribution in [0.1, 0.15) is 68.2 Å². The summed E-state index contributed by atoms with van der Waals surface area (Å²) in [4.78, 5) is 10.9. The van der Waals surface area contributed by atoms with Crippen LogP contribution in [0.25, 0.3) is 11.1 Å². The Bertz CT molecular complexity index is 1300. The van der Waals surface area contributed by atoms with Gasteiger partial charge in [0, 0.05) is 19.1 Å². The minimum atomic E-state index is -0.988. The van der Waals surface area contributed by atoms with Crippen molar-refractivity contribution in [1.29, 1.82) is 0 Å². The lowest BCUT2D eigenvalue weighted by atomic mass is 9.87. The molecule has 2 aliphatic rings. The number of carbonyl (C=O) groups is 1. The molecular weight excluding hydrogens is 502 g/mol. The molecule has 7 heteroatoms. The molecule has 2 saturated carbocycles. The number of aryl methyl sites for hydroxylation is 1. The molecule has 0 spiro atoms. The largest absolute Gasteiger partial charge is 0.497 e. The molecule has 2 fully saturated rings. The summed E-state index contributed by atoms with van der Waals surface area (Å²) in [6.45, 7) is 2.23. The second kappa shape index (κ2) is 12.6. The van der Waals surface area contributed by atoms with E-state index in [-0.39, 0.29) is 42.5 Å². The van der Waals surface area contributed by atoms with Gasteiger partial charge in [0.05, 0.1) is 13.2 Å². The minimum absolute atomic E-state index is 0.0527. The van der Waals surface area contributed by atoms with Crippen molar-refractivity contribution in [3.63, 3.8) is 0 Å². The van der Waals surface area contributed by atoms with Crippen LogP contribution in [-0.4, -0.2) is 25.3 Å². The lowest BCUT2D eigenvalue weighted by Crippen LogP contribution is -2.15. The molecule has 5 nitrogen and oxygen atoms in total. The summed E-state index contributed by atoms with van der Waals surface area (Å²) < 4.78 is 46.8. The van der Waals surface area contributed by atoms with Crippen molar-refractivity contribution in [1.82, 2.24) is 0 Å². The summed E-state index contributed by atoms with van der Waals surface area (Å²) >= 11 is 0. The number of aliphatic carboxylic acids is 1. The van der Waals surface area contributed by atoms with Gasteiger partial charge < -0.3 is 19.3 Å². The third kappa shape index (κ3) is 7.35. The fourth-order valence-electron chi connectivity index (χ4n) is 4.51. The number of benzene rings is 3. The van der Waals surface area contributed by atoms with E-state index < -0.39 is 11.8 Å². The molecule has 0 amide bonds. The zero-order valence-electron chi connectivity index (χ0n) is 22.8. The number of carboxylic acids is 1. The van der Waals surface area contributed by atoms with Crippen molar-refractivity contribution in [2.75, 3.05) is 14.2 Å². The van der Waals surface area contributed by atoms with Gasteiger partial charge in [0.2, 0.25) is 0 Å². The Morgan fingerprint density at radius 1 is 1.00 bits per heavy atom. The molecule has 0 radical (unpaired) electrons. The van der Waals surface area contributed by atoms with Crippen LogP contribution in [0, 0.1) is 17.0 Å². The van der Waals surface area contributed by atoms with Crippen molar-refractivity contribution in [2.24, 2.45) is 5.41 Å². The summed E-state index contributed by atoms with van der Waals surface area (Å²) in [5.41, 5.74) is 2.97. The molecule has 0 heterocycles. The second-order valence-corrected chi connectivity index (χ2v) is 10.5. The van der Waals surface area contributed by atoms with Gasteiger partial charge in [-0.3, -0.25) is 4.79 Å². The predicted molar refractivity (Wildman–Crippen MR) is 146 cm³/mol. The highest BCUT2D eigenvalue weighted by molar-refractivity contribution is 5.71. The van der Waals surface area contributed by atoms with Crippen LogP contribution >= 0.6 is 0 Å². The minimum Gasteiger partial charge on any atom is -0.497 e. The molecule has 5 rings (SSSR count). The Balaban J connectivity index is 0.00000110. The van der Waals surface area contributed by atoms with E-state index in [1.54, 1.807) is 31.4 Å². The number of methoxy groups -OCH3 is 2. The molecular formula is C32H36F2O5.